The monoisotopic (exact) mass is 234 g/mol. The molecule has 0 spiro atoms. The van der Waals surface area contributed by atoms with Crippen LogP contribution in [0.3, 0.4) is 0 Å². The minimum Gasteiger partial charge on any atom is -0.394 e. The van der Waals surface area contributed by atoms with Gasteiger partial charge in [0.1, 0.15) is 0 Å². The number of aliphatic hydroxyl groups is 1. The predicted molar refractivity (Wildman–Crippen MR) is 72.9 cm³/mol. The van der Waals surface area contributed by atoms with Crippen molar-refractivity contribution in [3.63, 3.8) is 0 Å². The summed E-state index contributed by atoms with van der Waals surface area (Å²) in [5.41, 5.74) is 0. The summed E-state index contributed by atoms with van der Waals surface area (Å²) < 4.78 is 9.27. The highest BCUT2D eigenvalue weighted by molar-refractivity contribution is 4.51. The lowest BCUT2D eigenvalue weighted by atomic mass is 10.8. The molecule has 0 aliphatic carbocycles. The second-order valence-electron chi connectivity index (χ2n) is 2.31. The van der Waals surface area contributed by atoms with E-state index in [0.717, 1.165) is 13.2 Å². The first-order valence-corrected chi connectivity index (χ1v) is 5.48. The molecule has 0 bridgehead atoms. The zero-order chi connectivity index (χ0) is 13.7. The average molecular weight is 234 g/mol. The van der Waals surface area contributed by atoms with Crippen LogP contribution >= 0.6 is 0 Å². The molecular formula is C13H30O3. The van der Waals surface area contributed by atoms with E-state index >= 15 is 0 Å². The summed E-state index contributed by atoms with van der Waals surface area (Å²) in [5.74, 6) is 0. The summed E-state index contributed by atoms with van der Waals surface area (Å²) in [6.07, 6.45) is 3.50. The largest absolute Gasteiger partial charge is 0.394 e. The molecule has 0 saturated heterocycles. The van der Waals surface area contributed by atoms with Crippen LogP contribution in [0, 0.1) is 0 Å². The third-order valence-corrected chi connectivity index (χ3v) is 0.704. The van der Waals surface area contributed by atoms with Crippen molar-refractivity contribution in [2.45, 2.75) is 27.7 Å². The van der Waals surface area contributed by atoms with Crippen LogP contribution < -0.4 is 0 Å². The van der Waals surface area contributed by atoms with Crippen LogP contribution in [-0.4, -0.2) is 38.6 Å². The molecule has 0 saturated carbocycles. The highest BCUT2D eigenvalue weighted by Gasteiger charge is 1.67. The van der Waals surface area contributed by atoms with Crippen LogP contribution in [0.4, 0.5) is 0 Å². The van der Waals surface area contributed by atoms with Gasteiger partial charge in [-0.1, -0.05) is 12.2 Å². The average Bonchev–Trinajstić information content (AvgIpc) is 2.23. The zero-order valence-electron chi connectivity index (χ0n) is 11.7. The lowest BCUT2D eigenvalue weighted by molar-refractivity contribution is 0.135. The molecule has 0 aliphatic heterocycles. The minimum atomic E-state index is 0.122. The van der Waals surface area contributed by atoms with Crippen molar-refractivity contribution in [2.24, 2.45) is 0 Å². The first-order chi connectivity index (χ1) is 7.66. The zero-order valence-corrected chi connectivity index (χ0v) is 11.7. The van der Waals surface area contributed by atoms with Crippen LogP contribution in [0.25, 0.3) is 0 Å². The molecule has 16 heavy (non-hydrogen) atoms. The Kier molecular flexibility index (Phi) is 72.6. The molecule has 100 valence electrons. The predicted octanol–water partition coefficient (Wildman–Crippen LogP) is 3.05. The van der Waals surface area contributed by atoms with Gasteiger partial charge in [0.05, 0.1) is 13.2 Å². The van der Waals surface area contributed by atoms with E-state index in [1.807, 2.05) is 27.7 Å². The number of ether oxygens (including phenoxy) is 2. The Morgan fingerprint density at radius 2 is 1.38 bits per heavy atom. The highest BCUT2D eigenvalue weighted by atomic mass is 16.5. The molecule has 3 heteroatoms. The fourth-order valence-electron chi connectivity index (χ4n) is 0.295. The summed E-state index contributed by atoms with van der Waals surface area (Å²) in [6, 6.07) is 0. The van der Waals surface area contributed by atoms with Gasteiger partial charge in [0.25, 0.3) is 0 Å². The van der Waals surface area contributed by atoms with E-state index in [0.29, 0.717) is 6.61 Å². The van der Waals surface area contributed by atoms with Crippen molar-refractivity contribution in [2.75, 3.05) is 33.5 Å². The van der Waals surface area contributed by atoms with Crippen molar-refractivity contribution >= 4 is 0 Å². The van der Waals surface area contributed by atoms with Crippen LogP contribution in [0.15, 0.2) is 25.3 Å². The van der Waals surface area contributed by atoms with Gasteiger partial charge in [0, 0.05) is 20.3 Å². The molecule has 0 aromatic heterocycles. The number of aliphatic hydroxyl groups excluding tert-OH is 1. The molecular weight excluding hydrogens is 204 g/mol. The van der Waals surface area contributed by atoms with E-state index in [2.05, 4.69) is 17.9 Å². The Morgan fingerprint density at radius 3 is 1.38 bits per heavy atom. The van der Waals surface area contributed by atoms with E-state index in [9.17, 15) is 0 Å². The first kappa shape index (κ1) is 24.5. The van der Waals surface area contributed by atoms with Gasteiger partial charge in [0.15, 0.2) is 0 Å². The smallest absolute Gasteiger partial charge is 0.0693 e. The van der Waals surface area contributed by atoms with Gasteiger partial charge >= 0.3 is 0 Å². The lowest BCUT2D eigenvalue weighted by Crippen LogP contribution is -1.91. The number of rotatable bonds is 4. The number of methoxy groups -OCH3 is 1. The normalized spacial score (nSPS) is 6.88. The highest BCUT2D eigenvalue weighted by Crippen LogP contribution is 1.64. The fourth-order valence-corrected chi connectivity index (χ4v) is 0.295. The van der Waals surface area contributed by atoms with E-state index in [-0.39, 0.29) is 6.61 Å². The van der Waals surface area contributed by atoms with Gasteiger partial charge in [-0.05, 0) is 27.7 Å². The Bertz CT molecular complexity index is 77.2. The van der Waals surface area contributed by atoms with Gasteiger partial charge < -0.3 is 14.6 Å². The lowest BCUT2D eigenvalue weighted by Gasteiger charge is -1.86. The van der Waals surface area contributed by atoms with Crippen LogP contribution in [0.2, 0.25) is 0 Å². The van der Waals surface area contributed by atoms with Crippen molar-refractivity contribution in [1.29, 1.82) is 0 Å². The van der Waals surface area contributed by atoms with E-state index in [4.69, 9.17) is 9.84 Å². The molecule has 0 rings (SSSR count). The maximum absolute atomic E-state index is 7.94. The minimum absolute atomic E-state index is 0.122. The maximum Gasteiger partial charge on any atom is 0.0693 e. The van der Waals surface area contributed by atoms with Gasteiger partial charge in [-0.3, -0.25) is 0 Å². The summed E-state index contributed by atoms with van der Waals surface area (Å²) in [6.45, 7) is 16.7. The third kappa shape index (κ3) is 181. The Balaban J connectivity index is -0.0000000621. The second-order valence-corrected chi connectivity index (χ2v) is 2.31. The maximum atomic E-state index is 7.94. The van der Waals surface area contributed by atoms with Crippen molar-refractivity contribution in [3.05, 3.63) is 25.3 Å². The van der Waals surface area contributed by atoms with Gasteiger partial charge in [-0.2, -0.15) is 0 Å². The summed E-state index contributed by atoms with van der Waals surface area (Å²) in [7, 11) is 1.55. The standard InChI is InChI=1S/C4H10O.C3H8O2.2C3H6/c1-3-5-4-2;1-5-3-2-4;2*1-3-2/h3-4H2,1-2H3;4H,2-3H2,1H3;2*3H,1H2,2H3. The number of hydrogen-bond donors (Lipinski definition) is 1. The van der Waals surface area contributed by atoms with Crippen molar-refractivity contribution in [1.82, 2.24) is 0 Å². The fraction of sp³-hybridized carbons (Fsp3) is 0.692. The summed E-state index contributed by atoms with van der Waals surface area (Å²) >= 11 is 0. The van der Waals surface area contributed by atoms with Gasteiger partial charge in [0.2, 0.25) is 0 Å². The molecule has 3 nitrogen and oxygen atoms in total. The Hall–Kier alpha value is -0.640. The van der Waals surface area contributed by atoms with E-state index in [1.165, 1.54) is 0 Å². The van der Waals surface area contributed by atoms with Crippen molar-refractivity contribution in [3.8, 4) is 0 Å². The number of hydrogen-bond acceptors (Lipinski definition) is 3. The van der Waals surface area contributed by atoms with E-state index < -0.39 is 0 Å². The van der Waals surface area contributed by atoms with Crippen molar-refractivity contribution < 1.29 is 14.6 Å². The summed E-state index contributed by atoms with van der Waals surface area (Å²) in [5, 5.41) is 7.94. The molecule has 0 heterocycles. The second kappa shape index (κ2) is 47.3. The number of allylic oxidation sites excluding steroid dienone is 2. The van der Waals surface area contributed by atoms with E-state index in [1.54, 1.807) is 19.3 Å². The molecule has 0 amide bonds. The SMILES string of the molecule is C=CC.C=CC.CCOCC.COCCO. The molecule has 0 fully saturated rings. The Labute approximate surface area is 102 Å². The molecule has 0 aliphatic rings. The van der Waals surface area contributed by atoms with Crippen LogP contribution in [0.1, 0.15) is 27.7 Å². The van der Waals surface area contributed by atoms with Crippen LogP contribution in [-0.2, 0) is 9.47 Å². The molecule has 0 aromatic rings. The quantitative estimate of drug-likeness (QED) is 0.760. The topological polar surface area (TPSA) is 38.7 Å². The molecule has 0 aromatic carbocycles. The molecule has 0 radical (unpaired) electrons. The first-order valence-electron chi connectivity index (χ1n) is 5.48. The van der Waals surface area contributed by atoms with Crippen LogP contribution in [0.5, 0.6) is 0 Å². The third-order valence-electron chi connectivity index (χ3n) is 0.704. The molecule has 0 unspecified atom stereocenters. The van der Waals surface area contributed by atoms with Gasteiger partial charge in [-0.15, -0.1) is 13.2 Å². The molecule has 1 N–H and O–H groups in total. The molecule has 0 atom stereocenters. The van der Waals surface area contributed by atoms with Gasteiger partial charge in [-0.25, -0.2) is 0 Å². The Morgan fingerprint density at radius 1 is 1.06 bits per heavy atom. The summed E-state index contributed by atoms with van der Waals surface area (Å²) in [4.78, 5) is 0.